The molecule has 0 bridgehead atoms. The van der Waals surface area contributed by atoms with E-state index in [9.17, 15) is 4.39 Å². The van der Waals surface area contributed by atoms with Gasteiger partial charge in [0.15, 0.2) is 0 Å². The lowest BCUT2D eigenvalue weighted by molar-refractivity contribution is 0.369. The maximum atomic E-state index is 13.1. The summed E-state index contributed by atoms with van der Waals surface area (Å²) >= 11 is 3.33. The molecule has 0 spiro atoms. The van der Waals surface area contributed by atoms with E-state index in [0.717, 1.165) is 11.0 Å². The van der Waals surface area contributed by atoms with Gasteiger partial charge in [0.2, 0.25) is 11.7 Å². The van der Waals surface area contributed by atoms with Crippen LogP contribution in [0.5, 0.6) is 0 Å². The molecule has 0 saturated heterocycles. The van der Waals surface area contributed by atoms with Gasteiger partial charge < -0.3 is 9.84 Å². The van der Waals surface area contributed by atoms with Gasteiger partial charge in [0.05, 0.1) is 6.54 Å². The van der Waals surface area contributed by atoms with E-state index in [0.29, 0.717) is 23.8 Å². The van der Waals surface area contributed by atoms with E-state index >= 15 is 0 Å². The predicted octanol–water partition coefficient (Wildman–Crippen LogP) is 2.75. The van der Waals surface area contributed by atoms with Crippen LogP contribution in [0.15, 0.2) is 27.2 Å². The zero-order chi connectivity index (χ0) is 12.3. The van der Waals surface area contributed by atoms with Crippen molar-refractivity contribution in [3.05, 3.63) is 34.4 Å². The van der Waals surface area contributed by atoms with E-state index in [2.05, 4.69) is 31.4 Å². The Labute approximate surface area is 106 Å². The van der Waals surface area contributed by atoms with Crippen LogP contribution in [0.4, 0.5) is 4.39 Å². The third-order valence-corrected chi connectivity index (χ3v) is 2.86. The van der Waals surface area contributed by atoms with Crippen molar-refractivity contribution >= 4 is 15.9 Å². The summed E-state index contributed by atoms with van der Waals surface area (Å²) in [7, 11) is 0. The van der Waals surface area contributed by atoms with Crippen LogP contribution in [0.25, 0.3) is 11.4 Å². The average Bonchev–Trinajstić information content (AvgIpc) is 2.78. The standard InChI is InChI=1S/C11H11BrFN3O/c1-2-14-6-10-15-11(16-17-10)8-5-7(13)3-4-9(8)12/h3-5,14H,2,6H2,1H3. The van der Waals surface area contributed by atoms with E-state index in [1.54, 1.807) is 6.07 Å². The minimum atomic E-state index is -0.332. The van der Waals surface area contributed by atoms with Crippen molar-refractivity contribution in [2.24, 2.45) is 0 Å². The number of nitrogens with one attached hydrogen (secondary N) is 1. The Balaban J connectivity index is 2.27. The normalized spacial score (nSPS) is 10.8. The summed E-state index contributed by atoms with van der Waals surface area (Å²) in [5, 5.41) is 6.89. The first-order valence-electron chi connectivity index (χ1n) is 5.19. The Hall–Kier alpha value is -1.27. The molecule has 0 unspecified atom stereocenters. The second-order valence-electron chi connectivity index (χ2n) is 3.42. The SMILES string of the molecule is CCNCc1nc(-c2cc(F)ccc2Br)no1. The second-order valence-corrected chi connectivity index (χ2v) is 4.27. The van der Waals surface area contributed by atoms with Gasteiger partial charge in [0.25, 0.3) is 0 Å². The van der Waals surface area contributed by atoms with Crippen LogP contribution in [-0.2, 0) is 6.54 Å². The van der Waals surface area contributed by atoms with Crippen LogP contribution in [0.3, 0.4) is 0 Å². The first-order valence-corrected chi connectivity index (χ1v) is 5.98. The molecule has 0 atom stereocenters. The first kappa shape index (κ1) is 12.2. The Morgan fingerprint density at radius 3 is 3.06 bits per heavy atom. The van der Waals surface area contributed by atoms with Gasteiger partial charge in [-0.1, -0.05) is 28.0 Å². The van der Waals surface area contributed by atoms with Gasteiger partial charge in [-0.05, 0) is 24.7 Å². The van der Waals surface area contributed by atoms with Gasteiger partial charge in [-0.15, -0.1) is 0 Å². The third-order valence-electron chi connectivity index (χ3n) is 2.16. The summed E-state index contributed by atoms with van der Waals surface area (Å²) in [5.41, 5.74) is 0.580. The predicted molar refractivity (Wildman–Crippen MR) is 64.8 cm³/mol. The van der Waals surface area contributed by atoms with E-state index in [-0.39, 0.29) is 5.82 Å². The van der Waals surface area contributed by atoms with Crippen LogP contribution in [0, 0.1) is 5.82 Å². The Bertz CT molecular complexity index is 515. The highest BCUT2D eigenvalue weighted by molar-refractivity contribution is 9.10. The van der Waals surface area contributed by atoms with Crippen molar-refractivity contribution in [2.45, 2.75) is 13.5 Å². The summed E-state index contributed by atoms with van der Waals surface area (Å²) in [6, 6.07) is 4.35. The Morgan fingerprint density at radius 2 is 2.29 bits per heavy atom. The number of benzene rings is 1. The van der Waals surface area contributed by atoms with Gasteiger partial charge in [-0.25, -0.2) is 4.39 Å². The molecule has 0 amide bonds. The number of hydrogen-bond donors (Lipinski definition) is 1. The van der Waals surface area contributed by atoms with E-state index in [1.165, 1.54) is 12.1 Å². The van der Waals surface area contributed by atoms with Crippen molar-refractivity contribution in [2.75, 3.05) is 6.54 Å². The minimum Gasteiger partial charge on any atom is -0.338 e. The smallest absolute Gasteiger partial charge is 0.240 e. The molecule has 0 aliphatic carbocycles. The van der Waals surface area contributed by atoms with E-state index in [4.69, 9.17) is 4.52 Å². The highest BCUT2D eigenvalue weighted by atomic mass is 79.9. The monoisotopic (exact) mass is 299 g/mol. The first-order chi connectivity index (χ1) is 8.20. The molecule has 0 radical (unpaired) electrons. The molecule has 1 N–H and O–H groups in total. The third kappa shape index (κ3) is 2.89. The summed E-state index contributed by atoms with van der Waals surface area (Å²) < 4.78 is 18.9. The van der Waals surface area contributed by atoms with Crippen LogP contribution in [0.2, 0.25) is 0 Å². The van der Waals surface area contributed by atoms with Crippen LogP contribution in [-0.4, -0.2) is 16.7 Å². The van der Waals surface area contributed by atoms with Crippen LogP contribution < -0.4 is 5.32 Å². The molecule has 4 nitrogen and oxygen atoms in total. The fourth-order valence-electron chi connectivity index (χ4n) is 1.34. The molecule has 1 heterocycles. The van der Waals surface area contributed by atoms with Gasteiger partial charge in [0, 0.05) is 10.0 Å². The number of nitrogens with zero attached hydrogens (tertiary/aromatic N) is 2. The highest BCUT2D eigenvalue weighted by Gasteiger charge is 2.12. The van der Waals surface area contributed by atoms with E-state index < -0.39 is 0 Å². The molecule has 0 fully saturated rings. The Kier molecular flexibility index (Phi) is 3.86. The van der Waals surface area contributed by atoms with Gasteiger partial charge in [-0.2, -0.15) is 4.98 Å². The van der Waals surface area contributed by atoms with Crippen molar-refractivity contribution in [1.29, 1.82) is 0 Å². The molecule has 1 aromatic carbocycles. The molecule has 2 aromatic rings. The fraction of sp³-hybridized carbons (Fsp3) is 0.273. The maximum absolute atomic E-state index is 13.1. The quantitative estimate of drug-likeness (QED) is 0.943. The maximum Gasteiger partial charge on any atom is 0.240 e. The molecular formula is C11H11BrFN3O. The van der Waals surface area contributed by atoms with Gasteiger partial charge >= 0.3 is 0 Å². The molecule has 6 heteroatoms. The summed E-state index contributed by atoms with van der Waals surface area (Å²) in [4.78, 5) is 4.18. The highest BCUT2D eigenvalue weighted by Crippen LogP contribution is 2.26. The number of halogens is 2. The molecule has 0 aliphatic rings. The second kappa shape index (κ2) is 5.37. The molecule has 90 valence electrons. The minimum absolute atomic E-state index is 0.332. The molecule has 17 heavy (non-hydrogen) atoms. The summed E-state index contributed by atoms with van der Waals surface area (Å²) in [5.74, 6) is 0.531. The molecule has 2 rings (SSSR count). The Morgan fingerprint density at radius 1 is 1.47 bits per heavy atom. The number of rotatable bonds is 4. The van der Waals surface area contributed by atoms with Crippen molar-refractivity contribution in [1.82, 2.24) is 15.5 Å². The zero-order valence-electron chi connectivity index (χ0n) is 9.20. The van der Waals surface area contributed by atoms with Gasteiger partial charge in [0.1, 0.15) is 5.82 Å². The van der Waals surface area contributed by atoms with Crippen molar-refractivity contribution in [3.8, 4) is 11.4 Å². The lowest BCUT2D eigenvalue weighted by atomic mass is 10.2. The van der Waals surface area contributed by atoms with Crippen LogP contribution in [0.1, 0.15) is 12.8 Å². The lowest BCUT2D eigenvalue weighted by Gasteiger charge is -1.98. The number of aromatic nitrogens is 2. The molecular weight excluding hydrogens is 289 g/mol. The lowest BCUT2D eigenvalue weighted by Crippen LogP contribution is -2.11. The van der Waals surface area contributed by atoms with Gasteiger partial charge in [-0.3, -0.25) is 0 Å². The van der Waals surface area contributed by atoms with Crippen molar-refractivity contribution in [3.63, 3.8) is 0 Å². The fourth-order valence-corrected chi connectivity index (χ4v) is 1.76. The molecule has 1 aromatic heterocycles. The zero-order valence-corrected chi connectivity index (χ0v) is 10.8. The summed E-state index contributed by atoms with van der Waals surface area (Å²) in [6.07, 6.45) is 0. The van der Waals surface area contributed by atoms with E-state index in [1.807, 2.05) is 6.92 Å². The van der Waals surface area contributed by atoms with Crippen LogP contribution >= 0.6 is 15.9 Å². The van der Waals surface area contributed by atoms with Crippen molar-refractivity contribution < 1.29 is 8.91 Å². The largest absolute Gasteiger partial charge is 0.338 e. The summed E-state index contributed by atoms with van der Waals surface area (Å²) in [6.45, 7) is 3.32. The average molecular weight is 300 g/mol. The molecule has 0 aliphatic heterocycles. The topological polar surface area (TPSA) is 51.0 Å². The molecule has 0 saturated carbocycles. The number of hydrogen-bond acceptors (Lipinski definition) is 4.